The number of esters is 2. The van der Waals surface area contributed by atoms with E-state index in [4.69, 9.17) is 18.5 Å². The van der Waals surface area contributed by atoms with Crippen LogP contribution in [-0.2, 0) is 32.7 Å². The van der Waals surface area contributed by atoms with E-state index in [-0.39, 0.29) is 32.0 Å². The van der Waals surface area contributed by atoms with Gasteiger partial charge in [-0.1, -0.05) is 273 Å². The van der Waals surface area contributed by atoms with Crippen LogP contribution in [0, 0.1) is 0 Å². The van der Waals surface area contributed by atoms with E-state index in [1.807, 2.05) is 33.3 Å². The average Bonchev–Trinajstić information content (AvgIpc) is 3.35. The first kappa shape index (κ1) is 70.5. The van der Waals surface area contributed by atoms with Gasteiger partial charge >= 0.3 is 19.8 Å². The van der Waals surface area contributed by atoms with Crippen LogP contribution in [0.2, 0.25) is 0 Å². The number of carbonyl (C=O) groups is 2. The highest BCUT2D eigenvalue weighted by Crippen LogP contribution is 2.43. The van der Waals surface area contributed by atoms with Gasteiger partial charge in [0.15, 0.2) is 6.10 Å². The fourth-order valence-corrected chi connectivity index (χ4v) is 9.14. The van der Waals surface area contributed by atoms with E-state index in [0.717, 1.165) is 57.8 Å². The van der Waals surface area contributed by atoms with E-state index in [2.05, 4.69) is 74.6 Å². The van der Waals surface area contributed by atoms with Crippen molar-refractivity contribution in [1.29, 1.82) is 0 Å². The first-order valence-electron chi connectivity index (χ1n) is 30.2. The van der Waals surface area contributed by atoms with E-state index in [9.17, 15) is 19.0 Å². The number of phosphoric ester groups is 1. The summed E-state index contributed by atoms with van der Waals surface area (Å²) in [6, 6.07) is 0. The number of hydrogen-bond acceptors (Lipinski definition) is 7. The molecule has 0 rings (SSSR count). The molecule has 0 radical (unpaired) electrons. The smallest absolute Gasteiger partial charge is 0.462 e. The maximum absolute atomic E-state index is 12.8. The third-order valence-electron chi connectivity index (χ3n) is 13.0. The minimum Gasteiger partial charge on any atom is -0.462 e. The second-order valence-corrected chi connectivity index (χ2v) is 22.8. The molecule has 0 heterocycles. The van der Waals surface area contributed by atoms with E-state index < -0.39 is 26.5 Å². The fourth-order valence-electron chi connectivity index (χ4n) is 8.40. The Hall–Kier alpha value is -2.55. The number of phosphoric acid groups is 1. The number of unbranched alkanes of at least 4 members (excludes halogenated alkanes) is 29. The van der Waals surface area contributed by atoms with Crippen molar-refractivity contribution in [3.8, 4) is 0 Å². The molecule has 0 aromatic rings. The van der Waals surface area contributed by atoms with Gasteiger partial charge in [-0.15, -0.1) is 0 Å². The zero-order valence-corrected chi connectivity index (χ0v) is 49.0. The second-order valence-electron chi connectivity index (χ2n) is 21.4. The maximum atomic E-state index is 12.8. The van der Waals surface area contributed by atoms with Crippen molar-refractivity contribution in [2.24, 2.45) is 0 Å². The number of carbonyl (C=O) groups excluding carboxylic acids is 2. The number of hydrogen-bond donors (Lipinski definition) is 1. The Morgan fingerprint density at radius 3 is 1.14 bits per heavy atom. The van der Waals surface area contributed by atoms with Crippen LogP contribution in [0.4, 0.5) is 0 Å². The maximum Gasteiger partial charge on any atom is 0.472 e. The molecule has 0 bridgehead atoms. The van der Waals surface area contributed by atoms with Crippen LogP contribution in [0.1, 0.15) is 264 Å². The van der Waals surface area contributed by atoms with Crippen LogP contribution in [0.5, 0.6) is 0 Å². The lowest BCUT2D eigenvalue weighted by Crippen LogP contribution is -2.37. The second kappa shape index (κ2) is 54.2. The highest BCUT2D eigenvalue weighted by molar-refractivity contribution is 7.47. The fraction of sp³-hybridized carbons (Fsp3) is 0.778. The Labute approximate surface area is 450 Å². The van der Waals surface area contributed by atoms with E-state index in [1.165, 1.54) is 173 Å². The molecule has 0 aliphatic carbocycles. The van der Waals surface area contributed by atoms with Crippen molar-refractivity contribution >= 4 is 19.8 Å². The molecule has 0 spiro atoms. The van der Waals surface area contributed by atoms with Crippen molar-refractivity contribution in [3.63, 3.8) is 0 Å². The molecule has 0 saturated heterocycles. The number of allylic oxidation sites excluding steroid dienone is 12. The number of quaternary nitrogens is 1. The molecule has 0 saturated carbocycles. The summed E-state index contributed by atoms with van der Waals surface area (Å²) in [6.07, 6.45) is 71.6. The lowest BCUT2D eigenvalue weighted by molar-refractivity contribution is -0.870. The standard InChI is InChI=1S/C63H114NO8P/c1-6-8-10-12-14-16-18-20-22-24-26-27-28-29-30-31-32-33-34-35-36-38-39-41-43-45-47-49-51-53-55-62(65)69-59-61(60-71-73(67,68)70-58-57-64(3,4)5)72-63(66)56-54-52-50-48-46-44-42-40-37-25-23-21-19-17-15-13-11-9-7-2/h9,11,15,17,21,23,37,40,44,46,50,52,61H,6-8,10,12-14,16,18-20,22,24-36,38-39,41-43,45,47-49,51,53-60H2,1-5H3/p+1/b11-9-,17-15-,23-21-,40-37-,46-44-,52-50-. The number of ether oxygens (including phenoxy) is 2. The lowest BCUT2D eigenvalue weighted by Gasteiger charge is -2.24. The van der Waals surface area contributed by atoms with E-state index >= 15 is 0 Å². The van der Waals surface area contributed by atoms with Crippen LogP contribution in [-0.4, -0.2) is 74.9 Å². The minimum atomic E-state index is -4.41. The largest absolute Gasteiger partial charge is 0.472 e. The Morgan fingerprint density at radius 1 is 0.438 bits per heavy atom. The van der Waals surface area contributed by atoms with Crippen molar-refractivity contribution in [2.45, 2.75) is 270 Å². The average molecular weight is 1050 g/mol. The van der Waals surface area contributed by atoms with Gasteiger partial charge < -0.3 is 18.9 Å². The summed E-state index contributed by atoms with van der Waals surface area (Å²) in [5.41, 5.74) is 0. The molecule has 10 heteroatoms. The summed E-state index contributed by atoms with van der Waals surface area (Å²) in [5.74, 6) is -0.889. The number of rotatable bonds is 55. The molecule has 73 heavy (non-hydrogen) atoms. The molecule has 9 nitrogen and oxygen atoms in total. The summed E-state index contributed by atoms with van der Waals surface area (Å²) >= 11 is 0. The molecule has 2 unspecified atom stereocenters. The zero-order valence-electron chi connectivity index (χ0n) is 48.1. The number of nitrogens with zero attached hydrogens (tertiary/aromatic N) is 1. The Kier molecular flexibility index (Phi) is 52.4. The predicted octanol–water partition coefficient (Wildman–Crippen LogP) is 18.9. The first-order chi connectivity index (χ1) is 35.5. The summed E-state index contributed by atoms with van der Waals surface area (Å²) in [5, 5.41) is 0. The zero-order chi connectivity index (χ0) is 53.5. The first-order valence-corrected chi connectivity index (χ1v) is 31.7. The highest BCUT2D eigenvalue weighted by Gasteiger charge is 2.27. The molecular formula is C63H115NO8P+. The topological polar surface area (TPSA) is 108 Å². The van der Waals surface area contributed by atoms with Crippen LogP contribution in [0.25, 0.3) is 0 Å². The minimum absolute atomic E-state index is 0.0162. The van der Waals surface area contributed by atoms with Gasteiger partial charge in [-0.3, -0.25) is 18.6 Å². The van der Waals surface area contributed by atoms with Crippen molar-refractivity contribution in [2.75, 3.05) is 47.5 Å². The van der Waals surface area contributed by atoms with Gasteiger partial charge in [0, 0.05) is 12.8 Å². The Balaban J connectivity index is 4.13. The molecule has 1 N–H and O–H groups in total. The summed E-state index contributed by atoms with van der Waals surface area (Å²) < 4.78 is 34.5. The Morgan fingerprint density at radius 2 is 0.781 bits per heavy atom. The molecule has 0 fully saturated rings. The predicted molar refractivity (Wildman–Crippen MR) is 312 cm³/mol. The molecular weight excluding hydrogens is 930 g/mol. The molecule has 0 amide bonds. The monoisotopic (exact) mass is 1040 g/mol. The quantitative estimate of drug-likeness (QED) is 0.0211. The van der Waals surface area contributed by atoms with Gasteiger partial charge in [-0.25, -0.2) is 4.57 Å². The molecule has 0 aliphatic rings. The molecule has 0 aromatic heterocycles. The summed E-state index contributed by atoms with van der Waals surface area (Å²) in [7, 11) is 1.43. The van der Waals surface area contributed by atoms with Crippen molar-refractivity contribution < 1.29 is 42.1 Å². The van der Waals surface area contributed by atoms with Gasteiger partial charge in [0.25, 0.3) is 0 Å². The van der Waals surface area contributed by atoms with Gasteiger partial charge in [0.1, 0.15) is 19.8 Å². The summed E-state index contributed by atoms with van der Waals surface area (Å²) in [4.78, 5) is 35.6. The lowest BCUT2D eigenvalue weighted by atomic mass is 10.0. The highest BCUT2D eigenvalue weighted by atomic mass is 31.2. The Bertz CT molecular complexity index is 1460. The van der Waals surface area contributed by atoms with Gasteiger partial charge in [0.2, 0.25) is 0 Å². The van der Waals surface area contributed by atoms with Crippen LogP contribution >= 0.6 is 7.82 Å². The third-order valence-corrected chi connectivity index (χ3v) is 14.0. The van der Waals surface area contributed by atoms with Crippen LogP contribution in [0.3, 0.4) is 0 Å². The van der Waals surface area contributed by atoms with Crippen LogP contribution < -0.4 is 0 Å². The third kappa shape index (κ3) is 58.6. The summed E-state index contributed by atoms with van der Waals surface area (Å²) in [6.45, 7) is 4.26. The SMILES string of the molecule is CC/C=C\C/C=C\C/C=C\C/C=C\C/C=C\C/C=C\CCC(=O)OC(COC(=O)CCCCCCCCCCCCCCCCCCCCCCCCCCCCCCCC)COP(=O)(O)OCC[N+](C)(C)C. The van der Waals surface area contributed by atoms with E-state index in [0.29, 0.717) is 17.4 Å². The van der Waals surface area contributed by atoms with Crippen molar-refractivity contribution in [3.05, 3.63) is 72.9 Å². The molecule has 0 aromatic carbocycles. The van der Waals surface area contributed by atoms with Gasteiger partial charge in [-0.05, 0) is 51.4 Å². The van der Waals surface area contributed by atoms with Gasteiger partial charge in [0.05, 0.1) is 27.7 Å². The number of likely N-dealkylation sites (N-methyl/N-ethyl adjacent to an activating group) is 1. The van der Waals surface area contributed by atoms with Crippen molar-refractivity contribution in [1.82, 2.24) is 0 Å². The van der Waals surface area contributed by atoms with E-state index in [1.54, 1.807) is 0 Å². The van der Waals surface area contributed by atoms with Gasteiger partial charge in [-0.2, -0.15) is 0 Å². The molecule has 0 aliphatic heterocycles. The molecule has 2 atom stereocenters. The normalized spacial score (nSPS) is 13.8. The van der Waals surface area contributed by atoms with Crippen LogP contribution in [0.15, 0.2) is 72.9 Å². The molecule has 424 valence electrons.